The van der Waals surface area contributed by atoms with E-state index in [9.17, 15) is 0 Å². The molecule has 1 aromatic carbocycles. The minimum atomic E-state index is 0.246. The number of fused-ring (bicyclic) bond motifs is 1. The Bertz CT molecular complexity index is 384. The van der Waals surface area contributed by atoms with Gasteiger partial charge in [0.15, 0.2) is 0 Å². The van der Waals surface area contributed by atoms with Gasteiger partial charge in [0.2, 0.25) is 0 Å². The first-order valence-corrected chi connectivity index (χ1v) is 6.34. The Balaban J connectivity index is 1.67. The number of rotatable bonds is 3. The molecule has 1 fully saturated rings. The molecule has 16 heavy (non-hydrogen) atoms. The fourth-order valence-corrected chi connectivity index (χ4v) is 2.59. The van der Waals surface area contributed by atoms with E-state index in [1.54, 1.807) is 0 Å². The zero-order valence-electron chi connectivity index (χ0n) is 9.61. The predicted octanol–water partition coefficient (Wildman–Crippen LogP) is 2.81. The summed E-state index contributed by atoms with van der Waals surface area (Å²) in [5, 5.41) is 0. The lowest BCUT2D eigenvalue weighted by molar-refractivity contribution is 0.180. The van der Waals surface area contributed by atoms with Crippen LogP contribution in [-0.2, 0) is 6.42 Å². The molecule has 2 heteroatoms. The predicted molar refractivity (Wildman–Crippen MR) is 64.5 cm³/mol. The van der Waals surface area contributed by atoms with E-state index in [2.05, 4.69) is 18.2 Å². The number of benzene rings is 1. The lowest BCUT2D eigenvalue weighted by Crippen LogP contribution is -2.19. The molecule has 0 aliphatic heterocycles. The molecule has 2 aliphatic carbocycles. The maximum atomic E-state index is 6.01. The quantitative estimate of drug-likeness (QED) is 0.845. The van der Waals surface area contributed by atoms with Crippen molar-refractivity contribution in [2.75, 3.05) is 6.61 Å². The van der Waals surface area contributed by atoms with Gasteiger partial charge in [0, 0.05) is 6.04 Å². The Morgan fingerprint density at radius 1 is 1.25 bits per heavy atom. The summed E-state index contributed by atoms with van der Waals surface area (Å²) in [5.74, 6) is 1.83. The Labute approximate surface area is 96.8 Å². The van der Waals surface area contributed by atoms with E-state index >= 15 is 0 Å². The van der Waals surface area contributed by atoms with Crippen molar-refractivity contribution in [2.24, 2.45) is 11.7 Å². The first-order valence-electron chi connectivity index (χ1n) is 6.34. The minimum absolute atomic E-state index is 0.246. The molecular weight excluding hydrogens is 198 g/mol. The van der Waals surface area contributed by atoms with E-state index in [-0.39, 0.29) is 6.04 Å². The van der Waals surface area contributed by atoms with Gasteiger partial charge in [-0.2, -0.15) is 0 Å². The third-order valence-electron chi connectivity index (χ3n) is 3.95. The molecule has 0 radical (unpaired) electrons. The molecule has 1 saturated carbocycles. The minimum Gasteiger partial charge on any atom is -0.493 e. The van der Waals surface area contributed by atoms with Gasteiger partial charge in [-0.15, -0.1) is 0 Å². The summed E-state index contributed by atoms with van der Waals surface area (Å²) >= 11 is 0. The summed E-state index contributed by atoms with van der Waals surface area (Å²) in [4.78, 5) is 0. The molecule has 1 atom stereocenters. The summed E-state index contributed by atoms with van der Waals surface area (Å²) in [6.45, 7) is 0.894. The number of aryl methyl sites for hydroxylation is 1. The highest BCUT2D eigenvalue weighted by Crippen LogP contribution is 2.32. The summed E-state index contributed by atoms with van der Waals surface area (Å²) in [6, 6.07) is 6.64. The Morgan fingerprint density at radius 3 is 2.88 bits per heavy atom. The van der Waals surface area contributed by atoms with Crippen molar-refractivity contribution in [3.05, 3.63) is 29.3 Å². The molecule has 86 valence electrons. The molecule has 0 aromatic heterocycles. The maximum absolute atomic E-state index is 6.01. The molecule has 0 bridgehead atoms. The van der Waals surface area contributed by atoms with E-state index in [1.165, 1.54) is 30.4 Å². The second-order valence-electron chi connectivity index (χ2n) is 5.11. The monoisotopic (exact) mass is 217 g/mol. The Hall–Kier alpha value is -1.02. The average molecular weight is 217 g/mol. The molecule has 2 N–H and O–H groups in total. The molecule has 0 saturated heterocycles. The molecule has 0 unspecified atom stereocenters. The second kappa shape index (κ2) is 4.10. The lowest BCUT2D eigenvalue weighted by atomic mass is 9.86. The van der Waals surface area contributed by atoms with Crippen LogP contribution in [0.15, 0.2) is 18.2 Å². The standard InChI is InChI=1S/C14H19NO/c15-14-7-4-11-8-12(5-6-13(11)14)16-9-10-2-1-3-10/h5-6,8,10,14H,1-4,7,9,15H2/t14-/m0/s1. The average Bonchev–Trinajstić information content (AvgIpc) is 2.58. The summed E-state index contributed by atoms with van der Waals surface area (Å²) in [7, 11) is 0. The number of nitrogens with two attached hydrogens (primary N) is 1. The lowest BCUT2D eigenvalue weighted by Gasteiger charge is -2.25. The first kappa shape index (κ1) is 10.2. The molecule has 0 heterocycles. The first-order chi connectivity index (χ1) is 7.83. The van der Waals surface area contributed by atoms with E-state index in [0.717, 1.165) is 31.1 Å². The van der Waals surface area contributed by atoms with E-state index in [1.807, 2.05) is 0 Å². The van der Waals surface area contributed by atoms with Gasteiger partial charge in [-0.05, 0) is 54.9 Å². The fraction of sp³-hybridized carbons (Fsp3) is 0.571. The van der Waals surface area contributed by atoms with Crippen molar-refractivity contribution in [3.63, 3.8) is 0 Å². The largest absolute Gasteiger partial charge is 0.493 e. The van der Waals surface area contributed by atoms with Crippen LogP contribution in [0.25, 0.3) is 0 Å². The number of ether oxygens (including phenoxy) is 1. The summed E-state index contributed by atoms with van der Waals surface area (Å²) in [6.07, 6.45) is 6.26. The topological polar surface area (TPSA) is 35.2 Å². The zero-order chi connectivity index (χ0) is 11.0. The Morgan fingerprint density at radius 2 is 2.12 bits per heavy atom. The van der Waals surface area contributed by atoms with Crippen molar-refractivity contribution >= 4 is 0 Å². The van der Waals surface area contributed by atoms with Crippen LogP contribution in [0.1, 0.15) is 42.9 Å². The molecular formula is C14H19NO. The highest BCUT2D eigenvalue weighted by atomic mass is 16.5. The van der Waals surface area contributed by atoms with Crippen LogP contribution in [0, 0.1) is 5.92 Å². The van der Waals surface area contributed by atoms with Crippen molar-refractivity contribution in [1.29, 1.82) is 0 Å². The van der Waals surface area contributed by atoms with E-state index < -0.39 is 0 Å². The summed E-state index contributed by atoms with van der Waals surface area (Å²) < 4.78 is 5.83. The van der Waals surface area contributed by atoms with Crippen molar-refractivity contribution < 1.29 is 4.74 Å². The molecule has 1 aromatic rings. The SMILES string of the molecule is N[C@H]1CCc2cc(OCC3CCC3)ccc21. The van der Waals surface area contributed by atoms with Crippen molar-refractivity contribution in [2.45, 2.75) is 38.1 Å². The van der Waals surface area contributed by atoms with Crippen LogP contribution < -0.4 is 10.5 Å². The normalized spacial score (nSPS) is 23.9. The summed E-state index contributed by atoms with van der Waals surface area (Å²) in [5.41, 5.74) is 8.71. The van der Waals surface area contributed by atoms with Gasteiger partial charge in [0.1, 0.15) is 5.75 Å². The van der Waals surface area contributed by atoms with Crippen LogP contribution in [0.5, 0.6) is 5.75 Å². The van der Waals surface area contributed by atoms with Crippen LogP contribution in [0.4, 0.5) is 0 Å². The molecule has 2 nitrogen and oxygen atoms in total. The fourth-order valence-electron chi connectivity index (χ4n) is 2.59. The van der Waals surface area contributed by atoms with Gasteiger partial charge in [-0.3, -0.25) is 0 Å². The van der Waals surface area contributed by atoms with Gasteiger partial charge in [-0.25, -0.2) is 0 Å². The third kappa shape index (κ3) is 1.82. The highest BCUT2D eigenvalue weighted by molar-refractivity contribution is 5.40. The number of hydrogen-bond donors (Lipinski definition) is 1. The Kier molecular flexibility index (Phi) is 2.60. The van der Waals surface area contributed by atoms with Crippen molar-refractivity contribution in [3.8, 4) is 5.75 Å². The van der Waals surface area contributed by atoms with E-state index in [0.29, 0.717) is 0 Å². The van der Waals surface area contributed by atoms with Crippen LogP contribution in [0.2, 0.25) is 0 Å². The highest BCUT2D eigenvalue weighted by Gasteiger charge is 2.20. The van der Waals surface area contributed by atoms with Crippen LogP contribution in [0.3, 0.4) is 0 Å². The van der Waals surface area contributed by atoms with Gasteiger partial charge < -0.3 is 10.5 Å². The molecule has 2 aliphatic rings. The van der Waals surface area contributed by atoms with Gasteiger partial charge in [0.25, 0.3) is 0 Å². The van der Waals surface area contributed by atoms with Gasteiger partial charge >= 0.3 is 0 Å². The van der Waals surface area contributed by atoms with Crippen LogP contribution in [-0.4, -0.2) is 6.61 Å². The van der Waals surface area contributed by atoms with Crippen molar-refractivity contribution in [1.82, 2.24) is 0 Å². The smallest absolute Gasteiger partial charge is 0.119 e. The second-order valence-corrected chi connectivity index (χ2v) is 5.11. The molecule has 0 amide bonds. The maximum Gasteiger partial charge on any atom is 0.119 e. The van der Waals surface area contributed by atoms with E-state index in [4.69, 9.17) is 10.5 Å². The van der Waals surface area contributed by atoms with Gasteiger partial charge in [0.05, 0.1) is 6.61 Å². The number of hydrogen-bond acceptors (Lipinski definition) is 2. The van der Waals surface area contributed by atoms with Crippen LogP contribution >= 0.6 is 0 Å². The van der Waals surface area contributed by atoms with Gasteiger partial charge in [-0.1, -0.05) is 12.5 Å². The molecule has 0 spiro atoms. The third-order valence-corrected chi connectivity index (χ3v) is 3.95. The molecule has 3 rings (SSSR count). The zero-order valence-corrected chi connectivity index (χ0v) is 9.61.